The van der Waals surface area contributed by atoms with Crippen LogP contribution in [0.15, 0.2) is 28.5 Å². The van der Waals surface area contributed by atoms with Gasteiger partial charge in [-0.2, -0.15) is 5.10 Å². The molecule has 3 aromatic heterocycles. The summed E-state index contributed by atoms with van der Waals surface area (Å²) in [5.41, 5.74) is 1.83. The van der Waals surface area contributed by atoms with Crippen LogP contribution >= 0.6 is 11.3 Å². The highest BCUT2D eigenvalue weighted by Gasteiger charge is 2.24. The van der Waals surface area contributed by atoms with E-state index in [9.17, 15) is 13.2 Å². The number of ether oxygens (including phenoxy) is 1. The van der Waals surface area contributed by atoms with Gasteiger partial charge in [0.2, 0.25) is 10.0 Å². The van der Waals surface area contributed by atoms with E-state index in [1.807, 2.05) is 19.9 Å². The quantitative estimate of drug-likeness (QED) is 0.393. The van der Waals surface area contributed by atoms with Crippen LogP contribution in [0.3, 0.4) is 0 Å². The predicted molar refractivity (Wildman–Crippen MR) is 113 cm³/mol. The Balaban J connectivity index is 1.65. The fourth-order valence-electron chi connectivity index (χ4n) is 2.82. The van der Waals surface area contributed by atoms with Crippen molar-refractivity contribution in [3.05, 3.63) is 45.7 Å². The summed E-state index contributed by atoms with van der Waals surface area (Å²) >= 11 is 1.01. The molecule has 10 nitrogen and oxygen atoms in total. The maximum Gasteiger partial charge on any atom is 0.349 e. The first-order valence-electron chi connectivity index (χ1n) is 9.00. The molecule has 0 saturated heterocycles. The molecule has 3 aromatic rings. The number of anilines is 1. The Morgan fingerprint density at radius 2 is 1.97 bits per heavy atom. The third-order valence-electron chi connectivity index (χ3n) is 4.06. The lowest BCUT2D eigenvalue weighted by molar-refractivity contribution is 0.0602. The van der Waals surface area contributed by atoms with E-state index in [1.165, 1.54) is 18.6 Å². The number of hydrogen-bond acceptors (Lipinski definition) is 9. The largest absolute Gasteiger partial charge is 0.465 e. The third kappa shape index (κ3) is 4.83. The molecule has 30 heavy (non-hydrogen) atoms. The van der Waals surface area contributed by atoms with Crippen molar-refractivity contribution in [2.75, 3.05) is 25.5 Å². The van der Waals surface area contributed by atoms with Crippen molar-refractivity contribution in [2.24, 2.45) is 0 Å². The zero-order valence-corrected chi connectivity index (χ0v) is 18.6. The lowest BCUT2D eigenvalue weighted by atomic mass is 10.4. The van der Waals surface area contributed by atoms with E-state index >= 15 is 0 Å². The molecular formula is C18H22N6O4S2. The molecule has 3 heterocycles. The SMILES string of the molecule is COC(=O)c1sccc1S(=O)(=O)NCCNc1cc(-n2nc(C)cc2C)nc(C)n1. The molecule has 0 saturated carbocycles. The number of carbonyl (C=O) groups excluding carboxylic acids is 1. The Hall–Kier alpha value is -2.83. The summed E-state index contributed by atoms with van der Waals surface area (Å²) in [5.74, 6) is 1.05. The molecule has 0 unspecified atom stereocenters. The van der Waals surface area contributed by atoms with Crippen molar-refractivity contribution in [1.82, 2.24) is 24.5 Å². The fraction of sp³-hybridized carbons (Fsp3) is 0.333. The Labute approximate surface area is 178 Å². The van der Waals surface area contributed by atoms with Crippen LogP contribution in [0.1, 0.15) is 26.9 Å². The van der Waals surface area contributed by atoms with E-state index in [0.717, 1.165) is 22.7 Å². The standard InChI is InChI=1S/C18H22N6O4S2/c1-11-9-12(2)24(23-11)16-10-15(21-13(3)22-16)19-6-7-20-30(26,27)14-5-8-29-17(14)18(25)28-4/h5,8-10,20H,6-7H2,1-4H3,(H,19,21,22). The second-order valence-electron chi connectivity index (χ2n) is 6.43. The zero-order valence-electron chi connectivity index (χ0n) is 17.0. The lowest BCUT2D eigenvalue weighted by Gasteiger charge is -2.11. The van der Waals surface area contributed by atoms with Crippen LogP contribution in [0.2, 0.25) is 0 Å². The van der Waals surface area contributed by atoms with Gasteiger partial charge in [0.15, 0.2) is 5.82 Å². The highest BCUT2D eigenvalue weighted by atomic mass is 32.2. The lowest BCUT2D eigenvalue weighted by Crippen LogP contribution is -2.29. The molecule has 0 atom stereocenters. The van der Waals surface area contributed by atoms with Gasteiger partial charge in [-0.05, 0) is 38.3 Å². The normalized spacial score (nSPS) is 11.5. The maximum atomic E-state index is 12.5. The Morgan fingerprint density at radius 3 is 2.63 bits per heavy atom. The van der Waals surface area contributed by atoms with E-state index in [0.29, 0.717) is 17.5 Å². The summed E-state index contributed by atoms with van der Waals surface area (Å²) in [6.07, 6.45) is 0. The van der Waals surface area contributed by atoms with Crippen molar-refractivity contribution < 1.29 is 17.9 Å². The van der Waals surface area contributed by atoms with Gasteiger partial charge in [0.25, 0.3) is 0 Å². The van der Waals surface area contributed by atoms with E-state index in [-0.39, 0.29) is 22.9 Å². The van der Waals surface area contributed by atoms with E-state index in [1.54, 1.807) is 17.7 Å². The molecule has 0 aliphatic rings. The van der Waals surface area contributed by atoms with E-state index in [4.69, 9.17) is 0 Å². The van der Waals surface area contributed by atoms with Gasteiger partial charge in [0.05, 0.1) is 12.8 Å². The first-order chi connectivity index (χ1) is 14.2. The van der Waals surface area contributed by atoms with Crippen molar-refractivity contribution in [1.29, 1.82) is 0 Å². The summed E-state index contributed by atoms with van der Waals surface area (Å²) in [4.78, 5) is 20.4. The van der Waals surface area contributed by atoms with Gasteiger partial charge in [-0.15, -0.1) is 11.3 Å². The van der Waals surface area contributed by atoms with Gasteiger partial charge < -0.3 is 10.1 Å². The van der Waals surface area contributed by atoms with Gasteiger partial charge in [-0.25, -0.2) is 32.6 Å². The highest BCUT2D eigenvalue weighted by molar-refractivity contribution is 7.89. The van der Waals surface area contributed by atoms with Crippen LogP contribution in [0.5, 0.6) is 0 Å². The molecule has 0 fully saturated rings. The van der Waals surface area contributed by atoms with Crippen LogP contribution in [0.4, 0.5) is 5.82 Å². The number of aryl methyl sites for hydroxylation is 3. The molecule has 0 spiro atoms. The smallest absolute Gasteiger partial charge is 0.349 e. The molecule has 0 aromatic carbocycles. The predicted octanol–water partition coefficient (Wildman–Crippen LogP) is 1.83. The number of carbonyl (C=O) groups is 1. The number of nitrogens with one attached hydrogen (secondary N) is 2. The first kappa shape index (κ1) is 21.9. The molecule has 3 rings (SSSR count). The van der Waals surface area contributed by atoms with Crippen LogP contribution in [-0.4, -0.2) is 54.3 Å². The van der Waals surface area contributed by atoms with E-state index < -0.39 is 16.0 Å². The number of methoxy groups -OCH3 is 1. The molecule has 0 aliphatic carbocycles. The Bertz CT molecular complexity index is 1170. The molecular weight excluding hydrogens is 428 g/mol. The zero-order chi connectivity index (χ0) is 21.9. The van der Waals surface area contributed by atoms with Crippen molar-refractivity contribution in [2.45, 2.75) is 25.7 Å². The third-order valence-corrected chi connectivity index (χ3v) is 6.59. The summed E-state index contributed by atoms with van der Waals surface area (Å²) in [7, 11) is -2.64. The van der Waals surface area contributed by atoms with Gasteiger partial charge in [0.1, 0.15) is 21.4 Å². The number of aromatic nitrogens is 4. The minimum atomic E-state index is -3.85. The fourth-order valence-corrected chi connectivity index (χ4v) is 5.18. The van der Waals surface area contributed by atoms with Gasteiger partial charge in [0, 0.05) is 24.8 Å². The van der Waals surface area contributed by atoms with E-state index in [2.05, 4.69) is 29.8 Å². The van der Waals surface area contributed by atoms with Gasteiger partial charge in [-0.3, -0.25) is 0 Å². The summed E-state index contributed by atoms with van der Waals surface area (Å²) < 4.78 is 33.8. The number of thiophene rings is 1. The van der Waals surface area contributed by atoms with Gasteiger partial charge >= 0.3 is 5.97 Å². The Kier molecular flexibility index (Phi) is 6.48. The monoisotopic (exact) mass is 450 g/mol. The molecule has 0 radical (unpaired) electrons. The number of nitrogens with zero attached hydrogens (tertiary/aromatic N) is 4. The average Bonchev–Trinajstić information content (AvgIpc) is 3.31. The van der Waals surface area contributed by atoms with Crippen LogP contribution in [0, 0.1) is 20.8 Å². The Morgan fingerprint density at radius 1 is 1.20 bits per heavy atom. The van der Waals surface area contributed by atoms with Crippen LogP contribution in [-0.2, 0) is 14.8 Å². The molecule has 12 heteroatoms. The second kappa shape index (κ2) is 8.90. The number of rotatable bonds is 8. The van der Waals surface area contributed by atoms with Crippen molar-refractivity contribution >= 4 is 33.1 Å². The van der Waals surface area contributed by atoms with Crippen LogP contribution < -0.4 is 10.0 Å². The average molecular weight is 451 g/mol. The molecule has 160 valence electrons. The maximum absolute atomic E-state index is 12.5. The first-order valence-corrected chi connectivity index (χ1v) is 11.4. The number of hydrogen-bond donors (Lipinski definition) is 2. The molecule has 0 amide bonds. The number of esters is 1. The minimum absolute atomic E-state index is 0.0407. The van der Waals surface area contributed by atoms with Gasteiger partial charge in [-0.1, -0.05) is 0 Å². The minimum Gasteiger partial charge on any atom is -0.465 e. The summed E-state index contributed by atoms with van der Waals surface area (Å²) in [6, 6.07) is 5.07. The highest BCUT2D eigenvalue weighted by Crippen LogP contribution is 2.22. The number of sulfonamides is 1. The molecule has 2 N–H and O–H groups in total. The van der Waals surface area contributed by atoms with Crippen LogP contribution in [0.25, 0.3) is 5.82 Å². The van der Waals surface area contributed by atoms with Crippen molar-refractivity contribution in [3.8, 4) is 5.82 Å². The molecule has 0 bridgehead atoms. The summed E-state index contributed by atoms with van der Waals surface area (Å²) in [5, 5.41) is 9.03. The topological polar surface area (TPSA) is 128 Å². The second-order valence-corrected chi connectivity index (χ2v) is 9.08. The van der Waals surface area contributed by atoms with Crippen molar-refractivity contribution in [3.63, 3.8) is 0 Å². The summed E-state index contributed by atoms with van der Waals surface area (Å²) in [6.45, 7) is 5.99. The molecule has 0 aliphatic heterocycles.